The van der Waals surface area contributed by atoms with Gasteiger partial charge in [0.25, 0.3) is 5.91 Å². The first-order chi connectivity index (χ1) is 13.4. The number of fused-ring (bicyclic) bond motifs is 1. The SMILES string of the molecule is CCn1cc(C(=O)NNC(=S)Nc2ccc(C)cc2)c(=O)c2ccc(C)nc21. The summed E-state index contributed by atoms with van der Waals surface area (Å²) < 4.78 is 1.78. The maximum atomic E-state index is 12.7. The molecule has 0 saturated carbocycles. The molecule has 7 nitrogen and oxygen atoms in total. The molecule has 8 heteroatoms. The van der Waals surface area contributed by atoms with Gasteiger partial charge in [0.15, 0.2) is 5.11 Å². The molecule has 28 heavy (non-hydrogen) atoms. The number of thiocarbonyl (C=S) groups is 1. The summed E-state index contributed by atoms with van der Waals surface area (Å²) >= 11 is 5.18. The van der Waals surface area contributed by atoms with Gasteiger partial charge in [-0.2, -0.15) is 0 Å². The van der Waals surface area contributed by atoms with Gasteiger partial charge >= 0.3 is 0 Å². The minimum Gasteiger partial charge on any atom is -0.332 e. The fraction of sp³-hybridized carbons (Fsp3) is 0.200. The minimum atomic E-state index is -0.567. The molecule has 0 bridgehead atoms. The average molecular weight is 395 g/mol. The molecule has 0 aliphatic heterocycles. The first-order valence-electron chi connectivity index (χ1n) is 8.84. The quantitative estimate of drug-likeness (QED) is 0.467. The number of benzene rings is 1. The van der Waals surface area contributed by atoms with Crippen LogP contribution in [0.3, 0.4) is 0 Å². The molecule has 3 aromatic rings. The first-order valence-corrected chi connectivity index (χ1v) is 9.24. The van der Waals surface area contributed by atoms with Gasteiger partial charge in [-0.3, -0.25) is 20.4 Å². The number of nitrogens with one attached hydrogen (secondary N) is 3. The fourth-order valence-electron chi connectivity index (χ4n) is 2.74. The van der Waals surface area contributed by atoms with Crippen LogP contribution in [-0.4, -0.2) is 20.6 Å². The van der Waals surface area contributed by atoms with E-state index in [0.717, 1.165) is 16.9 Å². The second kappa shape index (κ2) is 8.18. The molecule has 3 N–H and O–H groups in total. The number of carbonyl (C=O) groups is 1. The summed E-state index contributed by atoms with van der Waals surface area (Å²) in [5, 5.41) is 3.58. The number of hydrogen-bond acceptors (Lipinski definition) is 4. The van der Waals surface area contributed by atoms with Crippen molar-refractivity contribution in [1.29, 1.82) is 0 Å². The van der Waals surface area contributed by atoms with Crippen LogP contribution in [0.4, 0.5) is 5.69 Å². The smallest absolute Gasteiger partial charge is 0.275 e. The van der Waals surface area contributed by atoms with E-state index in [1.807, 2.05) is 45.0 Å². The number of hydrazine groups is 1. The lowest BCUT2D eigenvalue weighted by Crippen LogP contribution is -2.45. The lowest BCUT2D eigenvalue weighted by atomic mass is 10.1. The number of aryl methyl sites for hydroxylation is 3. The summed E-state index contributed by atoms with van der Waals surface area (Å²) in [6, 6.07) is 11.1. The van der Waals surface area contributed by atoms with Crippen molar-refractivity contribution >= 4 is 40.0 Å². The Morgan fingerprint density at radius 2 is 1.82 bits per heavy atom. The lowest BCUT2D eigenvalue weighted by molar-refractivity contribution is 0.0942. The molecule has 0 atom stereocenters. The second-order valence-corrected chi connectivity index (χ2v) is 6.79. The molecule has 0 aliphatic rings. The Balaban J connectivity index is 1.77. The molecule has 0 spiro atoms. The van der Waals surface area contributed by atoms with Crippen molar-refractivity contribution in [1.82, 2.24) is 20.4 Å². The molecule has 0 fully saturated rings. The van der Waals surface area contributed by atoms with Crippen LogP contribution in [0, 0.1) is 13.8 Å². The number of nitrogens with zero attached hydrogens (tertiary/aromatic N) is 2. The highest BCUT2D eigenvalue weighted by Gasteiger charge is 2.16. The third-order valence-electron chi connectivity index (χ3n) is 4.24. The zero-order valence-corrected chi connectivity index (χ0v) is 16.7. The lowest BCUT2D eigenvalue weighted by Gasteiger charge is -2.13. The number of aromatic nitrogens is 2. The van der Waals surface area contributed by atoms with Crippen molar-refractivity contribution in [3.63, 3.8) is 0 Å². The van der Waals surface area contributed by atoms with Gasteiger partial charge in [0.05, 0.1) is 5.39 Å². The number of carbonyl (C=O) groups excluding carboxylic acids is 1. The van der Waals surface area contributed by atoms with E-state index in [2.05, 4.69) is 21.2 Å². The Morgan fingerprint density at radius 1 is 1.11 bits per heavy atom. The Morgan fingerprint density at radius 3 is 2.50 bits per heavy atom. The van der Waals surface area contributed by atoms with Crippen molar-refractivity contribution in [2.45, 2.75) is 27.3 Å². The zero-order valence-electron chi connectivity index (χ0n) is 15.9. The van der Waals surface area contributed by atoms with Crippen LogP contribution in [0.25, 0.3) is 11.0 Å². The summed E-state index contributed by atoms with van der Waals surface area (Å²) in [6.45, 7) is 6.35. The number of anilines is 1. The van der Waals surface area contributed by atoms with E-state index >= 15 is 0 Å². The highest BCUT2D eigenvalue weighted by Crippen LogP contribution is 2.11. The maximum Gasteiger partial charge on any atom is 0.275 e. The molecule has 1 aromatic carbocycles. The van der Waals surface area contributed by atoms with E-state index in [4.69, 9.17) is 12.2 Å². The van der Waals surface area contributed by atoms with Gasteiger partial charge in [0.2, 0.25) is 5.43 Å². The highest BCUT2D eigenvalue weighted by molar-refractivity contribution is 7.80. The van der Waals surface area contributed by atoms with Crippen LogP contribution in [0.15, 0.2) is 47.4 Å². The van der Waals surface area contributed by atoms with E-state index in [-0.39, 0.29) is 16.1 Å². The fourth-order valence-corrected chi connectivity index (χ4v) is 2.91. The van der Waals surface area contributed by atoms with E-state index in [9.17, 15) is 9.59 Å². The van der Waals surface area contributed by atoms with E-state index in [1.165, 1.54) is 6.20 Å². The summed E-state index contributed by atoms with van der Waals surface area (Å²) in [5.41, 5.74) is 8.03. The molecule has 0 radical (unpaired) electrons. The van der Waals surface area contributed by atoms with Crippen LogP contribution < -0.4 is 21.6 Å². The van der Waals surface area contributed by atoms with Crippen molar-refractivity contribution in [2.24, 2.45) is 0 Å². The standard InChI is InChI=1S/C20H21N5O2S/c1-4-25-11-16(17(26)15-10-7-13(3)21-18(15)25)19(27)23-24-20(28)22-14-8-5-12(2)6-9-14/h5-11H,4H2,1-3H3,(H,23,27)(H2,22,24,28). The molecule has 0 aliphatic carbocycles. The highest BCUT2D eigenvalue weighted by atomic mass is 32.1. The molecular formula is C20H21N5O2S. The van der Waals surface area contributed by atoms with Crippen molar-refractivity contribution in [2.75, 3.05) is 5.32 Å². The predicted molar refractivity (Wildman–Crippen MR) is 114 cm³/mol. The second-order valence-electron chi connectivity index (χ2n) is 6.38. The summed E-state index contributed by atoms with van der Waals surface area (Å²) in [5.74, 6) is -0.567. The number of rotatable bonds is 3. The van der Waals surface area contributed by atoms with Crippen LogP contribution in [0.5, 0.6) is 0 Å². The van der Waals surface area contributed by atoms with Crippen molar-refractivity contribution in [3.8, 4) is 0 Å². The normalized spacial score (nSPS) is 10.5. The summed E-state index contributed by atoms with van der Waals surface area (Å²) in [6.07, 6.45) is 1.52. The van der Waals surface area contributed by atoms with Crippen LogP contribution >= 0.6 is 12.2 Å². The van der Waals surface area contributed by atoms with Crippen LogP contribution in [-0.2, 0) is 6.54 Å². The van der Waals surface area contributed by atoms with E-state index in [1.54, 1.807) is 16.7 Å². The third kappa shape index (κ3) is 4.17. The van der Waals surface area contributed by atoms with Gasteiger partial charge in [-0.15, -0.1) is 0 Å². The van der Waals surface area contributed by atoms with Gasteiger partial charge in [0, 0.05) is 24.1 Å². The number of amides is 1. The first kappa shape index (κ1) is 19.5. The topological polar surface area (TPSA) is 88.0 Å². The number of pyridine rings is 2. The van der Waals surface area contributed by atoms with Gasteiger partial charge in [-0.05, 0) is 57.3 Å². The van der Waals surface area contributed by atoms with Gasteiger partial charge in [-0.1, -0.05) is 17.7 Å². The zero-order chi connectivity index (χ0) is 20.3. The minimum absolute atomic E-state index is 0.0191. The Bertz CT molecular complexity index is 1110. The molecule has 144 valence electrons. The molecular weight excluding hydrogens is 374 g/mol. The molecule has 0 saturated heterocycles. The Kier molecular flexibility index (Phi) is 5.70. The Labute approximate surface area is 167 Å². The van der Waals surface area contributed by atoms with E-state index in [0.29, 0.717) is 17.6 Å². The molecule has 2 aromatic heterocycles. The van der Waals surface area contributed by atoms with Crippen molar-refractivity contribution < 1.29 is 4.79 Å². The number of hydrogen-bond donors (Lipinski definition) is 3. The maximum absolute atomic E-state index is 12.7. The predicted octanol–water partition coefficient (Wildman–Crippen LogP) is 2.66. The monoisotopic (exact) mass is 395 g/mol. The third-order valence-corrected chi connectivity index (χ3v) is 4.45. The summed E-state index contributed by atoms with van der Waals surface area (Å²) in [4.78, 5) is 29.7. The van der Waals surface area contributed by atoms with Crippen molar-refractivity contribution in [3.05, 3.63) is 69.6 Å². The van der Waals surface area contributed by atoms with E-state index < -0.39 is 5.91 Å². The largest absolute Gasteiger partial charge is 0.332 e. The van der Waals surface area contributed by atoms with Gasteiger partial charge < -0.3 is 9.88 Å². The molecule has 2 heterocycles. The molecule has 0 unspecified atom stereocenters. The van der Waals surface area contributed by atoms with Gasteiger partial charge in [0.1, 0.15) is 11.2 Å². The average Bonchev–Trinajstić information content (AvgIpc) is 2.68. The molecule has 1 amide bonds. The van der Waals surface area contributed by atoms with Gasteiger partial charge in [-0.25, -0.2) is 4.98 Å². The van der Waals surface area contributed by atoms with Crippen LogP contribution in [0.2, 0.25) is 0 Å². The Hall–Kier alpha value is -3.26. The van der Waals surface area contributed by atoms with Crippen LogP contribution in [0.1, 0.15) is 28.5 Å². The summed E-state index contributed by atoms with van der Waals surface area (Å²) in [7, 11) is 0. The molecule has 3 rings (SSSR count).